The van der Waals surface area contributed by atoms with E-state index in [-0.39, 0.29) is 23.8 Å². The monoisotopic (exact) mass is 486 g/mol. The van der Waals surface area contributed by atoms with Gasteiger partial charge in [0.1, 0.15) is 0 Å². The Morgan fingerprint density at radius 3 is 1.90 bits per heavy atom. The van der Waals surface area contributed by atoms with Gasteiger partial charge in [-0.25, -0.2) is 9.03 Å². The third kappa shape index (κ3) is 4.41. The van der Waals surface area contributed by atoms with Crippen molar-refractivity contribution in [3.63, 3.8) is 0 Å². The zero-order valence-corrected chi connectivity index (χ0v) is 20.3. The smallest absolute Gasteiger partial charge is 0.412 e. The summed E-state index contributed by atoms with van der Waals surface area (Å²) in [5.74, 6) is 0. The molecule has 2 N–H and O–H groups in total. The molecule has 0 saturated carbocycles. The Morgan fingerprint density at radius 2 is 1.32 bits per heavy atom. The standard InChI is InChI=1S/C14H19BN2O2.C8H7BrN2.H2O/c1-10-6-7-17-12(8-10)11(9-16-17)15-18-13(2,3)14(4,5)19-15;1-6-2-3-11-8(4-6)7(9)5-10-11;/h6-9H,1-5H3;2-5H,1H3;1H2. The highest BCUT2D eigenvalue weighted by molar-refractivity contribution is 9.10. The van der Waals surface area contributed by atoms with E-state index < -0.39 is 0 Å². The summed E-state index contributed by atoms with van der Waals surface area (Å²) in [6, 6.07) is 8.27. The third-order valence-electron chi connectivity index (χ3n) is 5.84. The van der Waals surface area contributed by atoms with Gasteiger partial charge in [-0.1, -0.05) is 0 Å². The van der Waals surface area contributed by atoms with E-state index in [1.165, 1.54) is 11.1 Å². The lowest BCUT2D eigenvalue weighted by Crippen LogP contribution is -2.41. The summed E-state index contributed by atoms with van der Waals surface area (Å²) < 4.78 is 16.9. The Labute approximate surface area is 190 Å². The average Bonchev–Trinajstić information content (AvgIpc) is 3.30. The van der Waals surface area contributed by atoms with Crippen LogP contribution in [0.3, 0.4) is 0 Å². The van der Waals surface area contributed by atoms with Crippen LogP contribution < -0.4 is 5.46 Å². The Morgan fingerprint density at radius 1 is 0.839 bits per heavy atom. The summed E-state index contributed by atoms with van der Waals surface area (Å²) in [7, 11) is -0.357. The molecule has 31 heavy (non-hydrogen) atoms. The summed E-state index contributed by atoms with van der Waals surface area (Å²) >= 11 is 3.42. The van der Waals surface area contributed by atoms with E-state index in [1.807, 2.05) is 39.8 Å². The van der Waals surface area contributed by atoms with E-state index in [2.05, 4.69) is 79.8 Å². The number of aryl methyl sites for hydroxylation is 2. The Kier molecular flexibility index (Phi) is 6.35. The number of aromatic nitrogens is 4. The summed E-state index contributed by atoms with van der Waals surface area (Å²) in [5.41, 5.74) is 4.95. The minimum atomic E-state index is -0.357. The van der Waals surface area contributed by atoms with Crippen LogP contribution >= 0.6 is 15.9 Å². The number of hydrogen-bond acceptors (Lipinski definition) is 4. The minimum absolute atomic E-state index is 0. The van der Waals surface area contributed by atoms with Crippen molar-refractivity contribution in [1.82, 2.24) is 19.2 Å². The second-order valence-corrected chi connectivity index (χ2v) is 9.60. The summed E-state index contributed by atoms with van der Waals surface area (Å²) in [4.78, 5) is 0. The highest BCUT2D eigenvalue weighted by atomic mass is 79.9. The zero-order chi connectivity index (χ0) is 21.7. The minimum Gasteiger partial charge on any atom is -0.412 e. The maximum Gasteiger partial charge on any atom is 0.498 e. The summed E-state index contributed by atoms with van der Waals surface area (Å²) in [6.07, 6.45) is 7.54. The normalized spacial score (nSPS) is 16.8. The van der Waals surface area contributed by atoms with E-state index >= 15 is 0 Å². The zero-order valence-electron chi connectivity index (χ0n) is 18.7. The van der Waals surface area contributed by atoms with Crippen LogP contribution in [0.1, 0.15) is 38.8 Å². The number of nitrogens with zero attached hydrogens (tertiary/aromatic N) is 4. The SMILES string of the molecule is Cc1ccn2ncc(B3OC(C)(C)C(C)(C)O3)c2c1.Cc1ccn2ncc(Br)c2c1.O. The molecule has 7 nitrogen and oxygen atoms in total. The molecule has 164 valence electrons. The molecule has 4 aromatic rings. The molecule has 5 rings (SSSR count). The van der Waals surface area contributed by atoms with Crippen LogP contribution in [0.5, 0.6) is 0 Å². The molecule has 0 bridgehead atoms. The number of rotatable bonds is 1. The van der Waals surface area contributed by atoms with Gasteiger partial charge in [-0.3, -0.25) is 0 Å². The van der Waals surface area contributed by atoms with E-state index in [0.717, 1.165) is 21.0 Å². The van der Waals surface area contributed by atoms with Crippen LogP contribution in [0.4, 0.5) is 0 Å². The van der Waals surface area contributed by atoms with Crippen LogP contribution in [0.2, 0.25) is 0 Å². The van der Waals surface area contributed by atoms with Gasteiger partial charge in [0.2, 0.25) is 0 Å². The van der Waals surface area contributed by atoms with Gasteiger partial charge in [0.05, 0.1) is 32.9 Å². The Bertz CT molecular complexity index is 1200. The molecular weight excluding hydrogens is 459 g/mol. The third-order valence-corrected chi connectivity index (χ3v) is 6.46. The first-order valence-corrected chi connectivity index (χ1v) is 10.8. The van der Waals surface area contributed by atoms with Crippen molar-refractivity contribution in [2.75, 3.05) is 0 Å². The van der Waals surface area contributed by atoms with Gasteiger partial charge in [-0.2, -0.15) is 10.2 Å². The van der Waals surface area contributed by atoms with Crippen LogP contribution in [0.15, 0.2) is 53.5 Å². The van der Waals surface area contributed by atoms with Crippen LogP contribution in [0.25, 0.3) is 11.0 Å². The van der Waals surface area contributed by atoms with Crippen molar-refractivity contribution < 1.29 is 14.8 Å². The molecule has 0 unspecified atom stereocenters. The molecule has 0 amide bonds. The van der Waals surface area contributed by atoms with Crippen molar-refractivity contribution >= 4 is 39.5 Å². The second-order valence-electron chi connectivity index (χ2n) is 8.75. The number of hydrogen-bond donors (Lipinski definition) is 0. The lowest BCUT2D eigenvalue weighted by atomic mass is 9.80. The molecule has 1 fully saturated rings. The van der Waals surface area contributed by atoms with Gasteiger partial charge in [0.25, 0.3) is 0 Å². The lowest BCUT2D eigenvalue weighted by molar-refractivity contribution is 0.00578. The molecular formula is C22H28BBrN4O3. The fourth-order valence-electron chi connectivity index (χ4n) is 3.31. The van der Waals surface area contributed by atoms with Gasteiger partial charge >= 0.3 is 7.12 Å². The van der Waals surface area contributed by atoms with Crippen molar-refractivity contribution in [2.45, 2.75) is 52.7 Å². The molecule has 0 aromatic carbocycles. The first-order valence-electron chi connectivity index (χ1n) is 9.96. The topological polar surface area (TPSA) is 84.6 Å². The predicted molar refractivity (Wildman–Crippen MR) is 127 cm³/mol. The first kappa shape index (κ1) is 23.5. The number of halogens is 1. The fraction of sp³-hybridized carbons (Fsp3) is 0.364. The maximum atomic E-state index is 6.08. The van der Waals surface area contributed by atoms with E-state index in [9.17, 15) is 0 Å². The van der Waals surface area contributed by atoms with Gasteiger partial charge < -0.3 is 14.8 Å². The van der Waals surface area contributed by atoms with Gasteiger partial charge in [0.15, 0.2) is 0 Å². The second kappa shape index (κ2) is 8.39. The van der Waals surface area contributed by atoms with Crippen molar-refractivity contribution in [2.24, 2.45) is 0 Å². The molecule has 1 aliphatic heterocycles. The van der Waals surface area contributed by atoms with Crippen LogP contribution in [-0.2, 0) is 9.31 Å². The number of pyridine rings is 2. The maximum absolute atomic E-state index is 6.08. The molecule has 5 heterocycles. The van der Waals surface area contributed by atoms with Crippen LogP contribution in [-0.4, -0.2) is 43.0 Å². The average molecular weight is 487 g/mol. The molecule has 1 aliphatic rings. The van der Waals surface area contributed by atoms with Gasteiger partial charge in [0, 0.05) is 24.1 Å². The molecule has 0 spiro atoms. The molecule has 0 radical (unpaired) electrons. The van der Waals surface area contributed by atoms with E-state index in [0.29, 0.717) is 0 Å². The lowest BCUT2D eigenvalue weighted by Gasteiger charge is -2.32. The molecule has 0 aliphatic carbocycles. The highest BCUT2D eigenvalue weighted by Crippen LogP contribution is 2.36. The summed E-state index contributed by atoms with van der Waals surface area (Å²) in [5, 5.41) is 8.49. The van der Waals surface area contributed by atoms with Crippen LogP contribution in [0, 0.1) is 13.8 Å². The Hall–Kier alpha value is -2.20. The quantitative estimate of drug-likeness (QED) is 0.385. The predicted octanol–water partition coefficient (Wildman–Crippen LogP) is 3.52. The van der Waals surface area contributed by atoms with Crippen molar-refractivity contribution in [3.8, 4) is 0 Å². The fourth-order valence-corrected chi connectivity index (χ4v) is 3.70. The molecule has 1 saturated heterocycles. The van der Waals surface area contributed by atoms with Crippen molar-refractivity contribution in [3.05, 3.63) is 64.7 Å². The van der Waals surface area contributed by atoms with E-state index in [1.54, 1.807) is 6.20 Å². The largest absolute Gasteiger partial charge is 0.498 e. The Balaban J connectivity index is 0.000000194. The van der Waals surface area contributed by atoms with Gasteiger partial charge in [-0.15, -0.1) is 0 Å². The van der Waals surface area contributed by atoms with Gasteiger partial charge in [-0.05, 0) is 92.9 Å². The summed E-state index contributed by atoms with van der Waals surface area (Å²) in [6.45, 7) is 12.4. The number of fused-ring (bicyclic) bond motifs is 2. The molecule has 4 aromatic heterocycles. The first-order chi connectivity index (χ1) is 14.1. The molecule has 0 atom stereocenters. The molecule has 9 heteroatoms. The highest BCUT2D eigenvalue weighted by Gasteiger charge is 2.52. The van der Waals surface area contributed by atoms with Crippen molar-refractivity contribution in [1.29, 1.82) is 0 Å². The van der Waals surface area contributed by atoms with E-state index in [4.69, 9.17) is 9.31 Å².